The zero-order valence-corrected chi connectivity index (χ0v) is 18.1. The van der Waals surface area contributed by atoms with Crippen LogP contribution in [-0.4, -0.2) is 27.7 Å². The largest absolute Gasteiger partial charge is 0.454 e. The van der Waals surface area contributed by atoms with Gasteiger partial charge in [-0.1, -0.05) is 35.9 Å². The Morgan fingerprint density at radius 1 is 1.03 bits per heavy atom. The molecule has 0 radical (unpaired) electrons. The number of anilines is 2. The van der Waals surface area contributed by atoms with Crippen LogP contribution in [0.2, 0.25) is 5.02 Å². The van der Waals surface area contributed by atoms with Crippen LogP contribution in [0.3, 0.4) is 0 Å². The molecule has 0 aromatic heterocycles. The number of hydrogen-bond acceptors (Lipinski definition) is 5. The summed E-state index contributed by atoms with van der Waals surface area (Å²) in [6, 6.07) is 17.8. The molecule has 0 aliphatic carbocycles. The minimum Gasteiger partial charge on any atom is -0.454 e. The maximum absolute atomic E-state index is 13.4. The number of nitrogens with one attached hydrogen (secondary N) is 1. The highest BCUT2D eigenvalue weighted by molar-refractivity contribution is 7.92. The van der Waals surface area contributed by atoms with Crippen molar-refractivity contribution < 1.29 is 22.7 Å². The third-order valence-corrected chi connectivity index (χ3v) is 6.72. The van der Waals surface area contributed by atoms with Crippen LogP contribution in [0.5, 0.6) is 11.5 Å². The summed E-state index contributed by atoms with van der Waals surface area (Å²) in [7, 11) is -4.02. The first kappa shape index (κ1) is 21.0. The van der Waals surface area contributed by atoms with E-state index in [0.29, 0.717) is 33.5 Å². The SMILES string of the molecule is Cc1ccc(Cl)cc1N(CC(=O)Nc1ccc2c(c1)OCO2)S(=O)(=O)c1ccccc1. The zero-order valence-electron chi connectivity index (χ0n) is 16.5. The Morgan fingerprint density at radius 2 is 1.77 bits per heavy atom. The van der Waals surface area contributed by atoms with Crippen molar-refractivity contribution in [3.63, 3.8) is 0 Å². The van der Waals surface area contributed by atoms with Crippen LogP contribution in [0.25, 0.3) is 0 Å². The van der Waals surface area contributed by atoms with Crippen LogP contribution >= 0.6 is 11.6 Å². The molecule has 0 saturated carbocycles. The predicted molar refractivity (Wildman–Crippen MR) is 118 cm³/mol. The number of aryl methyl sites for hydroxylation is 1. The molecule has 1 aliphatic rings. The predicted octanol–water partition coefficient (Wildman–Crippen LogP) is 4.21. The molecule has 160 valence electrons. The van der Waals surface area contributed by atoms with Gasteiger partial charge >= 0.3 is 0 Å². The van der Waals surface area contributed by atoms with Crippen molar-refractivity contribution in [3.8, 4) is 11.5 Å². The van der Waals surface area contributed by atoms with Crippen LogP contribution in [0.1, 0.15) is 5.56 Å². The van der Waals surface area contributed by atoms with E-state index >= 15 is 0 Å². The van der Waals surface area contributed by atoms with E-state index in [1.54, 1.807) is 55.5 Å². The quantitative estimate of drug-likeness (QED) is 0.598. The van der Waals surface area contributed by atoms with Crippen LogP contribution in [-0.2, 0) is 14.8 Å². The maximum atomic E-state index is 13.4. The summed E-state index contributed by atoms with van der Waals surface area (Å²) < 4.78 is 38.5. The Morgan fingerprint density at radius 3 is 2.55 bits per heavy atom. The van der Waals surface area contributed by atoms with Crippen LogP contribution in [0, 0.1) is 6.92 Å². The standard InChI is InChI=1S/C22H19ClN2O5S/c1-15-7-8-16(23)11-19(15)25(31(27,28)18-5-3-2-4-6-18)13-22(26)24-17-9-10-20-21(12-17)30-14-29-20/h2-12H,13-14H2,1H3,(H,24,26). The number of fused-ring (bicyclic) bond motifs is 1. The highest BCUT2D eigenvalue weighted by Crippen LogP contribution is 2.34. The molecule has 31 heavy (non-hydrogen) atoms. The fraction of sp³-hybridized carbons (Fsp3) is 0.136. The Hall–Kier alpha value is -3.23. The molecular formula is C22H19ClN2O5S. The topological polar surface area (TPSA) is 84.9 Å². The Labute approximate surface area is 185 Å². The summed E-state index contributed by atoms with van der Waals surface area (Å²) in [5.41, 5.74) is 1.46. The maximum Gasteiger partial charge on any atom is 0.264 e. The van der Waals surface area contributed by atoms with Gasteiger partial charge in [-0.3, -0.25) is 9.10 Å². The second-order valence-corrected chi connectivity index (χ2v) is 9.17. The van der Waals surface area contributed by atoms with Gasteiger partial charge in [0.2, 0.25) is 12.7 Å². The molecule has 1 N–H and O–H groups in total. The molecule has 0 bridgehead atoms. The minimum absolute atomic E-state index is 0.0743. The summed E-state index contributed by atoms with van der Waals surface area (Å²) in [6.45, 7) is 1.44. The highest BCUT2D eigenvalue weighted by Gasteiger charge is 2.28. The second-order valence-electron chi connectivity index (χ2n) is 6.87. The smallest absolute Gasteiger partial charge is 0.264 e. The molecule has 0 spiro atoms. The molecule has 0 saturated heterocycles. The molecule has 3 aromatic rings. The van der Waals surface area contributed by atoms with E-state index in [-0.39, 0.29) is 11.7 Å². The fourth-order valence-corrected chi connectivity index (χ4v) is 4.84. The molecule has 0 unspecified atom stereocenters. The van der Waals surface area contributed by atoms with E-state index in [9.17, 15) is 13.2 Å². The Bertz CT molecular complexity index is 1230. The third-order valence-electron chi connectivity index (χ3n) is 4.71. The molecule has 0 atom stereocenters. The molecular weight excluding hydrogens is 440 g/mol. The molecule has 9 heteroatoms. The minimum atomic E-state index is -4.02. The van der Waals surface area contributed by atoms with Crippen molar-refractivity contribution >= 4 is 38.9 Å². The number of carbonyl (C=O) groups is 1. The number of amides is 1. The lowest BCUT2D eigenvalue weighted by Gasteiger charge is -2.26. The van der Waals surface area contributed by atoms with E-state index in [1.807, 2.05) is 0 Å². The number of rotatable bonds is 6. The van der Waals surface area contributed by atoms with Crippen molar-refractivity contribution in [3.05, 3.63) is 77.3 Å². The molecule has 7 nitrogen and oxygen atoms in total. The van der Waals surface area contributed by atoms with Gasteiger partial charge in [-0.05, 0) is 48.9 Å². The lowest BCUT2D eigenvalue weighted by atomic mass is 10.2. The summed E-state index contributed by atoms with van der Waals surface area (Å²) in [5.74, 6) is 0.579. The monoisotopic (exact) mass is 458 g/mol. The van der Waals surface area contributed by atoms with E-state index in [4.69, 9.17) is 21.1 Å². The Balaban J connectivity index is 1.66. The number of sulfonamides is 1. The van der Waals surface area contributed by atoms with Gasteiger partial charge in [0.25, 0.3) is 10.0 Å². The first-order chi connectivity index (χ1) is 14.8. The number of hydrogen-bond donors (Lipinski definition) is 1. The second kappa shape index (κ2) is 8.49. The van der Waals surface area contributed by atoms with Crippen molar-refractivity contribution in [2.45, 2.75) is 11.8 Å². The van der Waals surface area contributed by atoms with Gasteiger partial charge in [0.1, 0.15) is 6.54 Å². The van der Waals surface area contributed by atoms with E-state index < -0.39 is 22.5 Å². The molecule has 4 rings (SSSR count). The van der Waals surface area contributed by atoms with E-state index in [1.165, 1.54) is 18.2 Å². The highest BCUT2D eigenvalue weighted by atomic mass is 35.5. The first-order valence-corrected chi connectivity index (χ1v) is 11.2. The molecule has 1 amide bonds. The average molecular weight is 459 g/mol. The van der Waals surface area contributed by atoms with Gasteiger partial charge < -0.3 is 14.8 Å². The van der Waals surface area contributed by atoms with Crippen LogP contribution in [0.4, 0.5) is 11.4 Å². The van der Waals surface area contributed by atoms with Gasteiger partial charge in [0.15, 0.2) is 11.5 Å². The average Bonchev–Trinajstić information content (AvgIpc) is 3.22. The zero-order chi connectivity index (χ0) is 22.0. The van der Waals surface area contributed by atoms with Gasteiger partial charge in [-0.25, -0.2) is 8.42 Å². The molecule has 3 aromatic carbocycles. The Kier molecular flexibility index (Phi) is 5.75. The van der Waals surface area contributed by atoms with Crippen molar-refractivity contribution in [1.82, 2.24) is 0 Å². The number of ether oxygens (including phenoxy) is 2. The molecule has 1 heterocycles. The van der Waals surface area contributed by atoms with E-state index in [0.717, 1.165) is 4.31 Å². The van der Waals surface area contributed by atoms with Crippen molar-refractivity contribution in [1.29, 1.82) is 0 Å². The van der Waals surface area contributed by atoms with Crippen molar-refractivity contribution in [2.24, 2.45) is 0 Å². The van der Waals surface area contributed by atoms with Crippen molar-refractivity contribution in [2.75, 3.05) is 23.0 Å². The third kappa shape index (κ3) is 4.45. The first-order valence-electron chi connectivity index (χ1n) is 9.38. The van der Waals surface area contributed by atoms with Crippen LogP contribution in [0.15, 0.2) is 71.6 Å². The number of carbonyl (C=O) groups excluding carboxylic acids is 1. The summed E-state index contributed by atoms with van der Waals surface area (Å²) >= 11 is 6.13. The summed E-state index contributed by atoms with van der Waals surface area (Å²) in [6.07, 6.45) is 0. The van der Waals surface area contributed by atoms with Gasteiger partial charge in [0.05, 0.1) is 10.6 Å². The number of halogens is 1. The van der Waals surface area contributed by atoms with Crippen LogP contribution < -0.4 is 19.1 Å². The number of benzene rings is 3. The van der Waals surface area contributed by atoms with Gasteiger partial charge in [-0.15, -0.1) is 0 Å². The van der Waals surface area contributed by atoms with Gasteiger partial charge in [0, 0.05) is 16.8 Å². The van der Waals surface area contributed by atoms with Gasteiger partial charge in [-0.2, -0.15) is 0 Å². The lowest BCUT2D eigenvalue weighted by Crippen LogP contribution is -2.38. The normalized spacial score (nSPS) is 12.5. The summed E-state index contributed by atoms with van der Waals surface area (Å²) in [5, 5.41) is 3.08. The summed E-state index contributed by atoms with van der Waals surface area (Å²) in [4.78, 5) is 12.9. The fourth-order valence-electron chi connectivity index (χ4n) is 3.18. The van der Waals surface area contributed by atoms with E-state index in [2.05, 4.69) is 5.32 Å². The lowest BCUT2D eigenvalue weighted by molar-refractivity contribution is -0.114. The number of nitrogens with zero attached hydrogens (tertiary/aromatic N) is 1. The molecule has 1 aliphatic heterocycles. The molecule has 0 fully saturated rings.